The minimum atomic E-state index is -0.940. The number of carboxylic acids is 1. The van der Waals surface area contributed by atoms with Crippen molar-refractivity contribution in [2.24, 2.45) is 0 Å². The minimum absolute atomic E-state index is 0.184. The van der Waals surface area contributed by atoms with Crippen molar-refractivity contribution in [3.05, 3.63) is 40.0 Å². The molecule has 5 nitrogen and oxygen atoms in total. The molecule has 2 heterocycles. The standard InChI is InChI=1S/C13H15N3O2S/c1-8(2)11-3-9(13(17)18)4-12(16-11)15-6-10-5-14-7-19-10/h3-5,7-8H,6H2,1-2H3,(H,15,16)(H,17,18). The molecule has 0 atom stereocenters. The van der Waals surface area contributed by atoms with Crippen molar-refractivity contribution in [2.45, 2.75) is 26.3 Å². The van der Waals surface area contributed by atoms with E-state index < -0.39 is 5.97 Å². The SMILES string of the molecule is CC(C)c1cc(C(=O)O)cc(NCc2cncs2)n1. The van der Waals surface area contributed by atoms with E-state index in [2.05, 4.69) is 15.3 Å². The third-order valence-electron chi connectivity index (χ3n) is 2.61. The number of aromatic nitrogens is 2. The average molecular weight is 277 g/mol. The molecule has 0 aliphatic heterocycles. The Kier molecular flexibility index (Phi) is 4.11. The summed E-state index contributed by atoms with van der Waals surface area (Å²) in [5, 5.41) is 12.2. The van der Waals surface area contributed by atoms with Gasteiger partial charge in [0.1, 0.15) is 5.82 Å². The van der Waals surface area contributed by atoms with Gasteiger partial charge in [0.15, 0.2) is 0 Å². The van der Waals surface area contributed by atoms with Gasteiger partial charge in [-0.3, -0.25) is 4.98 Å². The second-order valence-electron chi connectivity index (χ2n) is 4.45. The lowest BCUT2D eigenvalue weighted by Crippen LogP contribution is -2.06. The molecule has 0 aliphatic rings. The monoisotopic (exact) mass is 277 g/mol. The van der Waals surface area contributed by atoms with E-state index in [-0.39, 0.29) is 11.5 Å². The second-order valence-corrected chi connectivity index (χ2v) is 5.42. The van der Waals surface area contributed by atoms with Crippen molar-refractivity contribution in [3.8, 4) is 0 Å². The summed E-state index contributed by atoms with van der Waals surface area (Å²) in [5.41, 5.74) is 2.79. The molecule has 2 aromatic heterocycles. The molecule has 0 radical (unpaired) electrons. The van der Waals surface area contributed by atoms with Crippen LogP contribution in [0.15, 0.2) is 23.8 Å². The summed E-state index contributed by atoms with van der Waals surface area (Å²) in [4.78, 5) is 20.6. The number of nitrogens with one attached hydrogen (secondary N) is 1. The van der Waals surface area contributed by atoms with Gasteiger partial charge in [0.25, 0.3) is 0 Å². The molecule has 100 valence electrons. The number of aromatic carboxylic acids is 1. The number of nitrogens with zero attached hydrogens (tertiary/aromatic N) is 2. The van der Waals surface area contributed by atoms with Crippen LogP contribution in [-0.4, -0.2) is 21.0 Å². The maximum atomic E-state index is 11.1. The predicted molar refractivity (Wildman–Crippen MR) is 74.7 cm³/mol. The van der Waals surface area contributed by atoms with Crippen LogP contribution in [0.1, 0.15) is 40.7 Å². The van der Waals surface area contributed by atoms with E-state index in [1.54, 1.807) is 35.2 Å². The summed E-state index contributed by atoms with van der Waals surface area (Å²) < 4.78 is 0. The Balaban J connectivity index is 2.21. The van der Waals surface area contributed by atoms with Crippen molar-refractivity contribution in [1.29, 1.82) is 0 Å². The van der Waals surface area contributed by atoms with Crippen LogP contribution in [0.2, 0.25) is 0 Å². The number of thiazole rings is 1. The normalized spacial score (nSPS) is 10.7. The van der Waals surface area contributed by atoms with Crippen LogP contribution >= 0.6 is 11.3 Å². The van der Waals surface area contributed by atoms with Crippen LogP contribution in [0, 0.1) is 0 Å². The van der Waals surface area contributed by atoms with Gasteiger partial charge < -0.3 is 10.4 Å². The lowest BCUT2D eigenvalue weighted by atomic mass is 10.1. The molecular formula is C13H15N3O2S. The van der Waals surface area contributed by atoms with E-state index in [0.29, 0.717) is 12.4 Å². The first-order valence-corrected chi connectivity index (χ1v) is 6.80. The molecule has 19 heavy (non-hydrogen) atoms. The van der Waals surface area contributed by atoms with Crippen LogP contribution < -0.4 is 5.32 Å². The minimum Gasteiger partial charge on any atom is -0.478 e. The number of carboxylic acid groups (broad SMARTS) is 1. The smallest absolute Gasteiger partial charge is 0.335 e. The molecule has 0 unspecified atom stereocenters. The summed E-state index contributed by atoms with van der Waals surface area (Å²) in [7, 11) is 0. The first kappa shape index (κ1) is 13.5. The van der Waals surface area contributed by atoms with Crippen molar-refractivity contribution >= 4 is 23.1 Å². The second kappa shape index (κ2) is 5.79. The average Bonchev–Trinajstić information content (AvgIpc) is 2.89. The summed E-state index contributed by atoms with van der Waals surface area (Å²) in [6.07, 6.45) is 1.78. The largest absolute Gasteiger partial charge is 0.478 e. The third-order valence-corrected chi connectivity index (χ3v) is 3.39. The zero-order chi connectivity index (χ0) is 13.8. The maximum absolute atomic E-state index is 11.1. The number of rotatable bonds is 5. The lowest BCUT2D eigenvalue weighted by Gasteiger charge is -2.10. The molecule has 0 saturated carbocycles. The van der Waals surface area contributed by atoms with E-state index in [4.69, 9.17) is 5.11 Å². The Morgan fingerprint density at radius 1 is 1.47 bits per heavy atom. The topological polar surface area (TPSA) is 75.1 Å². The predicted octanol–water partition coefficient (Wildman–Crippen LogP) is 2.97. The summed E-state index contributed by atoms with van der Waals surface area (Å²) in [6.45, 7) is 4.57. The van der Waals surface area contributed by atoms with E-state index in [9.17, 15) is 4.79 Å². The molecule has 6 heteroatoms. The van der Waals surface area contributed by atoms with Crippen molar-refractivity contribution in [1.82, 2.24) is 9.97 Å². The molecule has 0 amide bonds. The van der Waals surface area contributed by atoms with Gasteiger partial charge in [0.05, 0.1) is 17.6 Å². The summed E-state index contributed by atoms with van der Waals surface area (Å²) in [5.74, 6) is -0.176. The number of carbonyl (C=O) groups is 1. The first-order valence-electron chi connectivity index (χ1n) is 5.93. The van der Waals surface area contributed by atoms with Crippen LogP contribution in [0.4, 0.5) is 5.82 Å². The van der Waals surface area contributed by atoms with Crippen LogP contribution in [-0.2, 0) is 6.54 Å². The number of hydrogen-bond donors (Lipinski definition) is 2. The van der Waals surface area contributed by atoms with E-state index in [1.807, 2.05) is 13.8 Å². The molecule has 0 bridgehead atoms. The maximum Gasteiger partial charge on any atom is 0.335 e. The molecule has 2 rings (SSSR count). The van der Waals surface area contributed by atoms with Crippen molar-refractivity contribution in [3.63, 3.8) is 0 Å². The third kappa shape index (κ3) is 3.51. The van der Waals surface area contributed by atoms with Gasteiger partial charge in [-0.25, -0.2) is 9.78 Å². The Morgan fingerprint density at radius 2 is 2.26 bits per heavy atom. The molecule has 2 N–H and O–H groups in total. The Morgan fingerprint density at radius 3 is 2.84 bits per heavy atom. The molecule has 0 aromatic carbocycles. The first-order chi connectivity index (χ1) is 9.06. The van der Waals surface area contributed by atoms with Crippen LogP contribution in [0.25, 0.3) is 0 Å². The Bertz CT molecular complexity index is 567. The quantitative estimate of drug-likeness (QED) is 0.878. The molecule has 0 aliphatic carbocycles. The van der Waals surface area contributed by atoms with Crippen LogP contribution in [0.3, 0.4) is 0 Å². The molecular weight excluding hydrogens is 262 g/mol. The van der Waals surface area contributed by atoms with Crippen molar-refractivity contribution < 1.29 is 9.90 Å². The van der Waals surface area contributed by atoms with Gasteiger partial charge in [0, 0.05) is 16.8 Å². The fraction of sp³-hybridized carbons (Fsp3) is 0.308. The number of pyridine rings is 1. The number of hydrogen-bond acceptors (Lipinski definition) is 5. The highest BCUT2D eigenvalue weighted by atomic mass is 32.1. The molecule has 0 spiro atoms. The Labute approximate surface area is 115 Å². The van der Waals surface area contributed by atoms with Gasteiger partial charge in [-0.05, 0) is 18.1 Å². The van der Waals surface area contributed by atoms with Gasteiger partial charge >= 0.3 is 5.97 Å². The van der Waals surface area contributed by atoms with E-state index in [1.165, 1.54) is 0 Å². The fourth-order valence-corrected chi connectivity index (χ4v) is 2.10. The van der Waals surface area contributed by atoms with E-state index >= 15 is 0 Å². The Hall–Kier alpha value is -1.95. The van der Waals surface area contributed by atoms with Gasteiger partial charge in [-0.2, -0.15) is 0 Å². The van der Waals surface area contributed by atoms with Gasteiger partial charge in [0.2, 0.25) is 0 Å². The zero-order valence-electron chi connectivity index (χ0n) is 10.8. The molecule has 0 fully saturated rings. The van der Waals surface area contributed by atoms with E-state index in [0.717, 1.165) is 10.6 Å². The lowest BCUT2D eigenvalue weighted by molar-refractivity contribution is 0.0696. The van der Waals surface area contributed by atoms with Crippen molar-refractivity contribution in [2.75, 3.05) is 5.32 Å². The fourth-order valence-electron chi connectivity index (χ4n) is 1.57. The summed E-state index contributed by atoms with van der Waals surface area (Å²) >= 11 is 1.55. The zero-order valence-corrected chi connectivity index (χ0v) is 11.6. The van der Waals surface area contributed by atoms with Gasteiger partial charge in [-0.15, -0.1) is 11.3 Å². The summed E-state index contributed by atoms with van der Waals surface area (Å²) in [6, 6.07) is 3.17. The highest BCUT2D eigenvalue weighted by molar-refractivity contribution is 7.09. The van der Waals surface area contributed by atoms with Crippen LogP contribution in [0.5, 0.6) is 0 Å². The molecule has 0 saturated heterocycles. The highest BCUT2D eigenvalue weighted by Crippen LogP contribution is 2.18. The van der Waals surface area contributed by atoms with Gasteiger partial charge in [-0.1, -0.05) is 13.8 Å². The highest BCUT2D eigenvalue weighted by Gasteiger charge is 2.10. The number of anilines is 1. The molecule has 2 aromatic rings.